The van der Waals surface area contributed by atoms with Crippen molar-refractivity contribution in [1.29, 1.82) is 0 Å². The molecule has 0 aliphatic carbocycles. The Morgan fingerprint density at radius 1 is 1.09 bits per heavy atom. The number of nitrogens with zero attached hydrogens (tertiary/aromatic N) is 4. The first-order valence-corrected chi connectivity index (χ1v) is 11.7. The molecule has 3 aromatic heterocycles. The van der Waals surface area contributed by atoms with Crippen LogP contribution in [-0.2, 0) is 4.74 Å². The molecular formula is C22H16FI2N5O3. The Morgan fingerprint density at radius 3 is 2.45 bits per heavy atom. The molecule has 0 aliphatic heterocycles. The summed E-state index contributed by atoms with van der Waals surface area (Å²) in [5.74, 6) is -0.241. The Bertz CT molecular complexity index is 1350. The van der Waals surface area contributed by atoms with Gasteiger partial charge in [-0.15, -0.1) is 0 Å². The van der Waals surface area contributed by atoms with Crippen LogP contribution >= 0.6 is 45.2 Å². The Hall–Kier alpha value is -2.81. The van der Waals surface area contributed by atoms with E-state index in [0.717, 1.165) is 11.3 Å². The monoisotopic (exact) mass is 671 g/mol. The molecule has 4 rings (SSSR count). The summed E-state index contributed by atoms with van der Waals surface area (Å²) in [4.78, 5) is 34.7. The SMILES string of the molecule is COC(=O)Nc1ccc(-c2cnc3ccc(C(=O)N(C)c4c(I)cc(F)cc4I)cn23)cn1. The van der Waals surface area contributed by atoms with E-state index in [1.54, 1.807) is 54.3 Å². The smallest absolute Gasteiger partial charge is 0.412 e. The quantitative estimate of drug-likeness (QED) is 0.302. The van der Waals surface area contributed by atoms with Gasteiger partial charge in [0.2, 0.25) is 0 Å². The van der Waals surface area contributed by atoms with Gasteiger partial charge in [0.1, 0.15) is 17.3 Å². The third kappa shape index (κ3) is 4.78. The van der Waals surface area contributed by atoms with Crippen LogP contribution in [0.5, 0.6) is 0 Å². The van der Waals surface area contributed by atoms with Gasteiger partial charge in [0.05, 0.1) is 30.3 Å². The molecule has 0 saturated heterocycles. The highest BCUT2D eigenvalue weighted by Crippen LogP contribution is 2.30. The average molecular weight is 671 g/mol. The number of amides is 2. The van der Waals surface area contributed by atoms with Gasteiger partial charge in [0.15, 0.2) is 0 Å². The van der Waals surface area contributed by atoms with Crippen molar-refractivity contribution in [2.45, 2.75) is 0 Å². The van der Waals surface area contributed by atoms with Gasteiger partial charge in [-0.25, -0.2) is 19.2 Å². The fourth-order valence-corrected chi connectivity index (χ4v) is 5.66. The van der Waals surface area contributed by atoms with Gasteiger partial charge >= 0.3 is 6.09 Å². The number of ether oxygens (including phenoxy) is 1. The minimum atomic E-state index is -0.609. The number of hydrogen-bond donors (Lipinski definition) is 1. The minimum absolute atomic E-state index is 0.241. The summed E-state index contributed by atoms with van der Waals surface area (Å²) < 4.78 is 21.3. The molecular weight excluding hydrogens is 655 g/mol. The third-order valence-electron chi connectivity index (χ3n) is 4.85. The van der Waals surface area contributed by atoms with Crippen LogP contribution < -0.4 is 10.2 Å². The van der Waals surface area contributed by atoms with Gasteiger partial charge in [-0.3, -0.25) is 14.5 Å². The summed E-state index contributed by atoms with van der Waals surface area (Å²) in [6.07, 6.45) is 4.38. The van der Waals surface area contributed by atoms with E-state index in [-0.39, 0.29) is 11.7 Å². The van der Waals surface area contributed by atoms with Gasteiger partial charge in [0.25, 0.3) is 5.91 Å². The molecule has 0 saturated carbocycles. The number of methoxy groups -OCH3 is 1. The lowest BCUT2D eigenvalue weighted by Crippen LogP contribution is -2.28. The highest BCUT2D eigenvalue weighted by molar-refractivity contribution is 14.1. The fraction of sp³-hybridized carbons (Fsp3) is 0.0909. The van der Waals surface area contributed by atoms with E-state index < -0.39 is 6.09 Å². The van der Waals surface area contributed by atoms with Crippen molar-refractivity contribution in [3.63, 3.8) is 0 Å². The number of halogens is 3. The van der Waals surface area contributed by atoms with Crippen molar-refractivity contribution in [1.82, 2.24) is 14.4 Å². The van der Waals surface area contributed by atoms with Crippen LogP contribution in [0.3, 0.4) is 0 Å². The maximum atomic E-state index is 13.7. The molecule has 168 valence electrons. The van der Waals surface area contributed by atoms with Crippen molar-refractivity contribution in [2.24, 2.45) is 0 Å². The molecule has 0 radical (unpaired) electrons. The summed E-state index contributed by atoms with van der Waals surface area (Å²) >= 11 is 4.05. The molecule has 4 aromatic rings. The molecule has 11 heteroatoms. The summed E-state index contributed by atoms with van der Waals surface area (Å²) in [6.45, 7) is 0. The molecule has 0 bridgehead atoms. The standard InChI is InChI=1S/C22H16FI2N5O3/c1-29(20-15(24)7-14(23)8-16(20)25)21(31)13-4-6-19-27-10-17(30(19)11-13)12-3-5-18(26-9-12)28-22(32)33-2/h3-11H,1-2H3,(H,26,28,32). The van der Waals surface area contributed by atoms with Crippen LogP contribution in [0.4, 0.5) is 20.7 Å². The van der Waals surface area contributed by atoms with Crippen LogP contribution in [-0.4, -0.2) is 40.5 Å². The zero-order chi connectivity index (χ0) is 23.7. The largest absolute Gasteiger partial charge is 0.453 e. The van der Waals surface area contributed by atoms with Crippen molar-refractivity contribution >= 4 is 74.3 Å². The molecule has 0 fully saturated rings. The lowest BCUT2D eigenvalue weighted by atomic mass is 10.2. The van der Waals surface area contributed by atoms with Crippen molar-refractivity contribution in [3.8, 4) is 11.3 Å². The van der Waals surface area contributed by atoms with Crippen molar-refractivity contribution < 1.29 is 18.7 Å². The Labute approximate surface area is 215 Å². The summed E-state index contributed by atoms with van der Waals surface area (Å²) in [5, 5.41) is 2.50. The highest BCUT2D eigenvalue weighted by atomic mass is 127. The highest BCUT2D eigenvalue weighted by Gasteiger charge is 2.20. The number of aromatic nitrogens is 3. The number of benzene rings is 1. The number of nitrogens with one attached hydrogen (secondary N) is 1. The van der Waals surface area contributed by atoms with Crippen LogP contribution in [0.15, 0.2) is 55.0 Å². The Kier molecular flexibility index (Phi) is 6.78. The molecule has 1 N–H and O–H groups in total. The summed E-state index contributed by atoms with van der Waals surface area (Å²) in [6, 6.07) is 9.68. The first kappa shape index (κ1) is 23.4. The van der Waals surface area contributed by atoms with E-state index in [9.17, 15) is 14.0 Å². The van der Waals surface area contributed by atoms with Crippen LogP contribution in [0.2, 0.25) is 0 Å². The molecule has 0 spiro atoms. The lowest BCUT2D eigenvalue weighted by Gasteiger charge is -2.21. The zero-order valence-electron chi connectivity index (χ0n) is 17.3. The Morgan fingerprint density at radius 2 is 1.82 bits per heavy atom. The molecule has 8 nitrogen and oxygen atoms in total. The molecule has 33 heavy (non-hydrogen) atoms. The van der Waals surface area contributed by atoms with Crippen molar-refractivity contribution in [2.75, 3.05) is 24.4 Å². The number of fused-ring (bicyclic) bond motifs is 1. The molecule has 0 unspecified atom stereocenters. The first-order chi connectivity index (χ1) is 15.8. The first-order valence-electron chi connectivity index (χ1n) is 9.49. The van der Waals surface area contributed by atoms with Gasteiger partial charge in [-0.05, 0) is 81.6 Å². The van der Waals surface area contributed by atoms with E-state index in [4.69, 9.17) is 0 Å². The number of rotatable bonds is 4. The number of anilines is 2. The number of carbonyl (C=O) groups is 2. The van der Waals surface area contributed by atoms with Gasteiger partial charge in [-0.1, -0.05) is 0 Å². The van der Waals surface area contributed by atoms with E-state index in [0.29, 0.717) is 29.9 Å². The third-order valence-corrected chi connectivity index (χ3v) is 6.49. The van der Waals surface area contributed by atoms with E-state index in [1.807, 2.05) is 45.2 Å². The van der Waals surface area contributed by atoms with E-state index in [1.165, 1.54) is 24.1 Å². The number of hydrogen-bond acceptors (Lipinski definition) is 5. The van der Waals surface area contributed by atoms with Gasteiger partial charge in [-0.2, -0.15) is 0 Å². The maximum Gasteiger partial charge on any atom is 0.412 e. The summed E-state index contributed by atoms with van der Waals surface area (Å²) in [5.41, 5.74) is 3.22. The number of carbonyl (C=O) groups excluding carboxylic acids is 2. The van der Waals surface area contributed by atoms with Crippen LogP contribution in [0.25, 0.3) is 16.9 Å². The van der Waals surface area contributed by atoms with E-state index in [2.05, 4.69) is 20.0 Å². The van der Waals surface area contributed by atoms with E-state index >= 15 is 0 Å². The predicted octanol–water partition coefficient (Wildman–Crippen LogP) is 5.20. The molecule has 1 aromatic carbocycles. The molecule has 0 atom stereocenters. The van der Waals surface area contributed by atoms with Crippen LogP contribution in [0.1, 0.15) is 10.4 Å². The van der Waals surface area contributed by atoms with Crippen LogP contribution in [0, 0.1) is 13.0 Å². The second-order valence-electron chi connectivity index (χ2n) is 6.92. The molecule has 3 heterocycles. The lowest BCUT2D eigenvalue weighted by molar-refractivity contribution is 0.0992. The topological polar surface area (TPSA) is 88.8 Å². The summed E-state index contributed by atoms with van der Waals surface area (Å²) in [7, 11) is 2.94. The van der Waals surface area contributed by atoms with Gasteiger partial charge in [0, 0.05) is 32.1 Å². The number of imidazole rings is 1. The molecule has 0 aliphatic rings. The fourth-order valence-electron chi connectivity index (χ4n) is 3.25. The normalized spacial score (nSPS) is 10.8. The zero-order valence-corrected chi connectivity index (χ0v) is 21.7. The predicted molar refractivity (Wildman–Crippen MR) is 139 cm³/mol. The number of pyridine rings is 2. The van der Waals surface area contributed by atoms with Crippen molar-refractivity contribution in [3.05, 3.63) is 73.5 Å². The molecule has 2 amide bonds. The van der Waals surface area contributed by atoms with Gasteiger partial charge < -0.3 is 9.64 Å². The maximum absolute atomic E-state index is 13.7. The average Bonchev–Trinajstić information content (AvgIpc) is 3.21. The second-order valence-corrected chi connectivity index (χ2v) is 9.24. The minimum Gasteiger partial charge on any atom is -0.453 e. The second kappa shape index (κ2) is 9.59. The Balaban J connectivity index is 1.67.